The van der Waals surface area contributed by atoms with Crippen molar-refractivity contribution in [2.24, 2.45) is 5.10 Å². The molecule has 2 atom stereocenters. The zero-order chi connectivity index (χ0) is 33.2. The van der Waals surface area contributed by atoms with Gasteiger partial charge in [0, 0.05) is 11.3 Å². The number of halogens is 2. The Kier molecular flexibility index (Phi) is 12.2. The van der Waals surface area contributed by atoms with Gasteiger partial charge in [-0.25, -0.2) is 9.59 Å². The van der Waals surface area contributed by atoms with Gasteiger partial charge >= 0.3 is 12.0 Å². The zero-order valence-electron chi connectivity index (χ0n) is 25.1. The number of allylic oxidation sites excluding steroid dienone is 1. The molecule has 14 heteroatoms. The van der Waals surface area contributed by atoms with Gasteiger partial charge in [0.15, 0.2) is 17.7 Å². The number of aliphatic hydroxyl groups is 1. The van der Waals surface area contributed by atoms with Gasteiger partial charge in [-0.15, -0.1) is 0 Å². The van der Waals surface area contributed by atoms with Crippen molar-refractivity contribution in [3.05, 3.63) is 96.2 Å². The number of hydrogen-bond acceptors (Lipinski definition) is 10. The van der Waals surface area contributed by atoms with Crippen LogP contribution in [0.5, 0.6) is 17.2 Å². The Morgan fingerprint density at radius 1 is 1.20 bits per heavy atom. The van der Waals surface area contributed by atoms with Crippen molar-refractivity contribution in [3.63, 3.8) is 0 Å². The van der Waals surface area contributed by atoms with Crippen molar-refractivity contribution < 1.29 is 33.6 Å². The Bertz CT molecular complexity index is 1690. The van der Waals surface area contributed by atoms with Crippen molar-refractivity contribution in [2.75, 3.05) is 20.3 Å². The van der Waals surface area contributed by atoms with Crippen LogP contribution in [0.1, 0.15) is 42.1 Å². The topological polar surface area (TPSA) is 164 Å². The summed E-state index contributed by atoms with van der Waals surface area (Å²) >= 11 is 5.70. The quantitative estimate of drug-likeness (QED) is 0.0611. The summed E-state index contributed by atoms with van der Waals surface area (Å²) < 4.78 is 24.0. The third-order valence-corrected chi connectivity index (χ3v) is 8.03. The molecule has 0 aromatic heterocycles. The van der Waals surface area contributed by atoms with Crippen LogP contribution in [0.3, 0.4) is 0 Å². The molecule has 12 nitrogen and oxygen atoms in total. The number of benzene rings is 3. The molecule has 3 aromatic rings. The third-order valence-electron chi connectivity index (χ3n) is 6.64. The molecular formula is C32H31BrIN5O7. The summed E-state index contributed by atoms with van der Waals surface area (Å²) in [6.45, 7) is 3.84. The van der Waals surface area contributed by atoms with Crippen molar-refractivity contribution in [3.8, 4) is 23.3 Å². The molecule has 1 heterocycles. The van der Waals surface area contributed by atoms with Crippen LogP contribution in [0.15, 0.2) is 75.4 Å². The molecule has 3 aromatic carbocycles. The Morgan fingerprint density at radius 3 is 2.70 bits per heavy atom. The molecule has 1 aliphatic heterocycles. The number of amides is 2. The molecule has 4 N–H and O–H groups in total. The number of esters is 1. The van der Waals surface area contributed by atoms with E-state index < -0.39 is 24.3 Å². The average molecular weight is 804 g/mol. The van der Waals surface area contributed by atoms with Gasteiger partial charge in [0.1, 0.15) is 19.0 Å². The maximum absolute atomic E-state index is 12.5. The molecule has 0 fully saturated rings. The molecule has 1 aliphatic rings. The van der Waals surface area contributed by atoms with Crippen molar-refractivity contribution >= 4 is 56.7 Å². The van der Waals surface area contributed by atoms with Gasteiger partial charge in [-0.05, 0) is 93.8 Å². The Morgan fingerprint density at radius 2 is 1.98 bits per heavy atom. The van der Waals surface area contributed by atoms with Gasteiger partial charge in [0.25, 0.3) is 0 Å². The van der Waals surface area contributed by atoms with Gasteiger partial charge in [-0.1, -0.05) is 24.3 Å². The van der Waals surface area contributed by atoms with Crippen LogP contribution in [0.25, 0.3) is 0 Å². The maximum Gasteiger partial charge on any atom is 0.337 e. The van der Waals surface area contributed by atoms with E-state index in [1.807, 2.05) is 37.3 Å². The minimum Gasteiger partial charge on any atom is -0.490 e. The third kappa shape index (κ3) is 8.68. The number of hydrazone groups is 1. The summed E-state index contributed by atoms with van der Waals surface area (Å²) in [6, 6.07) is 16.9. The molecule has 0 bridgehead atoms. The standard InChI is InChI=1S/C32H31BrIN5O7/c1-4-44-26-13-20(29-28(31(41)43-3)18(2)37-32(42)38-29)9-10-25(26)45-17-27(40)39-36-15-19-11-23(33)30(24(34)12-19)46-16-22-8-6-5-7-21(22)14-35/h5-13,15,27,29,39-40H,4,16-17H2,1-3H3,(H2,37,38,42)/b36-15-/t27-,29+/m1/s1. The first-order valence-electron chi connectivity index (χ1n) is 14.0. The number of ether oxygens (including phenoxy) is 4. The molecule has 0 unspecified atom stereocenters. The molecule has 4 rings (SSSR count). The van der Waals surface area contributed by atoms with Gasteiger partial charge in [-0.3, -0.25) is 5.43 Å². The van der Waals surface area contributed by atoms with E-state index in [-0.39, 0.29) is 18.8 Å². The summed E-state index contributed by atoms with van der Waals surface area (Å²) in [5, 5.41) is 29.2. The second-order valence-corrected chi connectivity index (χ2v) is 11.8. The minimum absolute atomic E-state index is 0.161. The maximum atomic E-state index is 12.5. The number of aliphatic hydroxyl groups excluding tert-OH is 1. The molecule has 240 valence electrons. The molecule has 2 amide bonds. The lowest BCUT2D eigenvalue weighted by atomic mass is 9.95. The fourth-order valence-corrected chi connectivity index (χ4v) is 6.29. The van der Waals surface area contributed by atoms with Gasteiger partial charge < -0.3 is 34.7 Å². The lowest BCUT2D eigenvalue weighted by Gasteiger charge is -2.28. The van der Waals surface area contributed by atoms with Gasteiger partial charge in [0.05, 0.1) is 51.2 Å². The van der Waals surface area contributed by atoms with Crippen LogP contribution in [0.2, 0.25) is 0 Å². The minimum atomic E-state index is -1.16. The van der Waals surface area contributed by atoms with E-state index in [1.54, 1.807) is 37.4 Å². The number of methoxy groups -OCH3 is 1. The first kappa shape index (κ1) is 34.5. The Labute approximate surface area is 288 Å². The molecule has 0 radical (unpaired) electrons. The van der Waals surface area contributed by atoms with Crippen molar-refractivity contribution in [1.29, 1.82) is 5.26 Å². The van der Waals surface area contributed by atoms with Crippen LogP contribution in [-0.4, -0.2) is 49.9 Å². The van der Waals surface area contributed by atoms with Crippen molar-refractivity contribution in [2.45, 2.75) is 32.7 Å². The summed E-state index contributed by atoms with van der Waals surface area (Å²) in [4.78, 5) is 24.6. The van der Waals surface area contributed by atoms with Gasteiger partial charge in [0.2, 0.25) is 0 Å². The fraction of sp³-hybridized carbons (Fsp3) is 0.250. The number of nitrogens with one attached hydrogen (secondary N) is 3. The lowest BCUT2D eigenvalue weighted by molar-refractivity contribution is -0.136. The number of rotatable bonds is 13. The van der Waals surface area contributed by atoms with Crippen LogP contribution in [0.4, 0.5) is 4.79 Å². The van der Waals surface area contributed by atoms with Crippen LogP contribution in [0, 0.1) is 14.9 Å². The largest absolute Gasteiger partial charge is 0.490 e. The van der Waals surface area contributed by atoms with E-state index in [4.69, 9.17) is 18.9 Å². The first-order chi connectivity index (χ1) is 22.1. The summed E-state index contributed by atoms with van der Waals surface area (Å²) in [5.41, 5.74) is 5.96. The molecular weight excluding hydrogens is 773 g/mol. The highest BCUT2D eigenvalue weighted by atomic mass is 127. The van der Waals surface area contributed by atoms with E-state index in [1.165, 1.54) is 7.11 Å². The summed E-state index contributed by atoms with van der Waals surface area (Å²) in [5.74, 6) is 0.774. The zero-order valence-corrected chi connectivity index (χ0v) is 28.8. The normalized spacial score (nSPS) is 15.0. The number of urea groups is 1. The highest BCUT2D eigenvalue weighted by Crippen LogP contribution is 2.35. The van der Waals surface area contributed by atoms with E-state index in [0.717, 1.165) is 14.7 Å². The number of nitrogens with zero attached hydrogens (tertiary/aromatic N) is 2. The monoisotopic (exact) mass is 803 g/mol. The molecule has 0 saturated carbocycles. The van der Waals surface area contributed by atoms with E-state index in [2.05, 4.69) is 65.8 Å². The average Bonchev–Trinajstić information content (AvgIpc) is 3.03. The van der Waals surface area contributed by atoms with E-state index in [9.17, 15) is 20.0 Å². The van der Waals surface area contributed by atoms with Crippen LogP contribution < -0.4 is 30.3 Å². The smallest absolute Gasteiger partial charge is 0.337 e. The SMILES string of the molecule is CCOc1cc([C@@H]2NC(=O)NC(C)=C2C(=O)OC)ccc1OC[C@@H](O)N/N=C\c1cc(Br)c(OCc2ccccc2C#N)c(I)c1. The molecule has 0 aliphatic carbocycles. The Hall–Kier alpha value is -4.33. The Balaban J connectivity index is 1.37. The van der Waals surface area contributed by atoms with Crippen LogP contribution >= 0.6 is 38.5 Å². The summed E-state index contributed by atoms with van der Waals surface area (Å²) in [7, 11) is 1.27. The predicted molar refractivity (Wildman–Crippen MR) is 181 cm³/mol. The number of hydrogen-bond donors (Lipinski definition) is 4. The van der Waals surface area contributed by atoms with E-state index >= 15 is 0 Å². The predicted octanol–water partition coefficient (Wildman–Crippen LogP) is 5.02. The molecule has 0 saturated heterocycles. The number of carbonyl (C=O) groups excluding carboxylic acids is 2. The van der Waals surface area contributed by atoms with Crippen molar-refractivity contribution in [1.82, 2.24) is 16.1 Å². The highest BCUT2D eigenvalue weighted by Gasteiger charge is 2.32. The second-order valence-electron chi connectivity index (χ2n) is 9.79. The first-order valence-corrected chi connectivity index (χ1v) is 15.8. The number of nitriles is 1. The lowest BCUT2D eigenvalue weighted by Crippen LogP contribution is -2.45. The van der Waals surface area contributed by atoms with Crippen LogP contribution in [-0.2, 0) is 16.1 Å². The molecule has 0 spiro atoms. The highest BCUT2D eigenvalue weighted by molar-refractivity contribution is 14.1. The van der Waals surface area contributed by atoms with E-state index in [0.29, 0.717) is 45.2 Å². The second kappa shape index (κ2) is 16.3. The van der Waals surface area contributed by atoms with Gasteiger partial charge in [-0.2, -0.15) is 10.4 Å². The molecule has 46 heavy (non-hydrogen) atoms. The summed E-state index contributed by atoms with van der Waals surface area (Å²) in [6.07, 6.45) is 0.392. The number of carbonyl (C=O) groups is 2. The fourth-order valence-electron chi connectivity index (χ4n) is 4.52.